The van der Waals surface area contributed by atoms with Crippen LogP contribution in [0.5, 0.6) is 0 Å². The van der Waals surface area contributed by atoms with Crippen molar-refractivity contribution in [3.8, 4) is 0 Å². The van der Waals surface area contributed by atoms with Gasteiger partial charge in [-0.25, -0.2) is 0 Å². The van der Waals surface area contributed by atoms with Crippen LogP contribution in [0.4, 0.5) is 0 Å². The molecule has 0 heterocycles. The van der Waals surface area contributed by atoms with E-state index in [-0.39, 0.29) is 25.9 Å². The fourth-order valence-electron chi connectivity index (χ4n) is 1.67. The summed E-state index contributed by atoms with van der Waals surface area (Å²) in [4.78, 5) is 8.88. The summed E-state index contributed by atoms with van der Waals surface area (Å²) in [6, 6.07) is 0. The second kappa shape index (κ2) is 10.3. The third-order valence-corrected chi connectivity index (χ3v) is 7.18. The molecule has 0 aromatic carbocycles. The van der Waals surface area contributed by atoms with Crippen molar-refractivity contribution in [2.24, 2.45) is 0 Å². The number of rotatable bonds is 8. The van der Waals surface area contributed by atoms with Crippen molar-refractivity contribution in [2.45, 2.75) is 40.0 Å². The third-order valence-electron chi connectivity index (χ3n) is 1.95. The summed E-state index contributed by atoms with van der Waals surface area (Å²) in [5.41, 5.74) is 0. The topological polar surface area (TPSA) is 46.5 Å². The molecule has 0 aliphatic carbocycles. The standard InChI is InChI=1S/C9H21O3PS.Mg.2H/c1-4-7-14(8-5-2,9-6-3)12-13(10)11;;;/h4-9H2,1-3H3;;;/q;+2;2*-1/p+1. The van der Waals surface area contributed by atoms with Crippen molar-refractivity contribution in [3.05, 3.63) is 0 Å². The van der Waals surface area contributed by atoms with Crippen molar-refractivity contribution in [2.75, 3.05) is 17.3 Å². The molecule has 3 nitrogen and oxygen atoms in total. The first-order chi connectivity index (χ1) is 6.60. The van der Waals surface area contributed by atoms with Crippen LogP contribution < -0.4 is 0 Å². The van der Waals surface area contributed by atoms with Gasteiger partial charge in [-0.2, -0.15) is 0 Å². The average Bonchev–Trinajstić information content (AvgIpc) is 2.03. The molecule has 0 saturated heterocycles. The van der Waals surface area contributed by atoms with Gasteiger partial charge in [0, 0.05) is 21.8 Å². The second-order valence-corrected chi connectivity index (χ2v) is 7.62. The summed E-state index contributed by atoms with van der Waals surface area (Å²) in [7, 11) is -3.72. The van der Waals surface area contributed by atoms with E-state index in [2.05, 4.69) is 20.8 Å². The van der Waals surface area contributed by atoms with Crippen LogP contribution in [0, 0.1) is 0 Å². The van der Waals surface area contributed by atoms with E-state index >= 15 is 0 Å². The molecule has 1 N–H and O–H groups in total. The predicted octanol–water partition coefficient (Wildman–Crippen LogP) is 3.45. The molecule has 0 fully saturated rings. The summed E-state index contributed by atoms with van der Waals surface area (Å²) < 4.78 is 16.1. The first-order valence-corrected chi connectivity index (χ1v) is 8.41. The Hall–Kier alpha value is 1.14. The molecule has 0 saturated carbocycles. The van der Waals surface area contributed by atoms with Crippen molar-refractivity contribution in [1.82, 2.24) is 0 Å². The summed E-state index contributed by atoms with van der Waals surface area (Å²) in [6.07, 6.45) is 3.08. The van der Waals surface area contributed by atoms with Gasteiger partial charge < -0.3 is 2.85 Å². The molecule has 0 aliphatic rings. The summed E-state index contributed by atoms with van der Waals surface area (Å²) in [5, 5.41) is 0. The van der Waals surface area contributed by atoms with Crippen molar-refractivity contribution >= 4 is 41.6 Å². The zero-order valence-electron chi connectivity index (χ0n) is 12.1. The van der Waals surface area contributed by atoms with Crippen LogP contribution in [0.2, 0.25) is 0 Å². The Bertz CT molecular complexity index is 173. The zero-order chi connectivity index (χ0) is 11.0. The number of hydrogen-bond acceptors (Lipinski definition) is 2. The molecular weight excluding hydrogens is 243 g/mol. The maximum atomic E-state index is 10.8. The average molecular weight is 268 g/mol. The van der Waals surface area contributed by atoms with Crippen LogP contribution in [0.15, 0.2) is 0 Å². The Balaban J connectivity index is -0.000000282. The predicted molar refractivity (Wildman–Crippen MR) is 72.0 cm³/mol. The van der Waals surface area contributed by atoms with Gasteiger partial charge in [-0.15, -0.1) is 4.89 Å². The Kier molecular flexibility index (Phi) is 12.7. The van der Waals surface area contributed by atoms with E-state index in [0.717, 1.165) is 36.5 Å². The molecule has 0 aromatic rings. The molecule has 90 valence electrons. The van der Waals surface area contributed by atoms with Crippen LogP contribution in [-0.4, -0.2) is 45.2 Å². The molecule has 0 bridgehead atoms. The van der Waals surface area contributed by atoms with Crippen LogP contribution in [0.3, 0.4) is 0 Å². The van der Waals surface area contributed by atoms with Crippen LogP contribution in [0.1, 0.15) is 42.9 Å². The Morgan fingerprint density at radius 2 is 1.47 bits per heavy atom. The van der Waals surface area contributed by atoms with E-state index in [0.29, 0.717) is 0 Å². The number of hydrogen-bond donors (Lipinski definition) is 1. The Morgan fingerprint density at radius 1 is 1.13 bits per heavy atom. The van der Waals surface area contributed by atoms with E-state index in [1.807, 2.05) is 0 Å². The molecular formula is C9H24MgO3PS+. The minimum Gasteiger partial charge on any atom is -1.00 e. The van der Waals surface area contributed by atoms with Crippen molar-refractivity contribution in [3.63, 3.8) is 0 Å². The minimum atomic E-state index is -2.44. The summed E-state index contributed by atoms with van der Waals surface area (Å²) >= 11 is 0. The second-order valence-electron chi connectivity index (χ2n) is 3.39. The quantitative estimate of drug-likeness (QED) is 0.541. The molecule has 0 rings (SSSR count). The largest absolute Gasteiger partial charge is 2.00 e. The molecule has 6 heteroatoms. The van der Waals surface area contributed by atoms with Gasteiger partial charge in [-0.1, -0.05) is 35.1 Å². The molecule has 15 heavy (non-hydrogen) atoms. The fraction of sp³-hybridized carbons (Fsp3) is 1.00. The Morgan fingerprint density at radius 3 is 1.67 bits per heavy atom. The van der Waals surface area contributed by atoms with Crippen LogP contribution in [0.25, 0.3) is 0 Å². The van der Waals surface area contributed by atoms with Gasteiger partial charge in [-0.05, 0) is 19.3 Å². The van der Waals surface area contributed by atoms with Crippen molar-refractivity contribution in [1.29, 1.82) is 0 Å². The van der Waals surface area contributed by atoms with E-state index in [1.54, 1.807) is 0 Å². The van der Waals surface area contributed by atoms with Crippen LogP contribution >= 0.6 is 18.6 Å². The van der Waals surface area contributed by atoms with Gasteiger partial charge in [0.1, 0.15) is 0 Å². The van der Waals surface area contributed by atoms with E-state index in [9.17, 15) is 4.57 Å². The Labute approximate surface area is 115 Å². The molecule has 1 unspecified atom stereocenters. The molecule has 0 aromatic heterocycles. The minimum absolute atomic E-state index is 0. The normalized spacial score (nSPS) is 13.2. The van der Waals surface area contributed by atoms with Gasteiger partial charge >= 0.3 is 31.3 Å². The zero-order valence-corrected chi connectivity index (χ0v) is 13.2. The van der Waals surface area contributed by atoms with Crippen molar-refractivity contribution < 1.29 is 16.3 Å². The van der Waals surface area contributed by atoms with E-state index in [4.69, 9.17) is 8.86 Å². The maximum Gasteiger partial charge on any atom is 2.00 e. The van der Waals surface area contributed by atoms with Crippen LogP contribution in [-0.2, 0) is 8.54 Å². The van der Waals surface area contributed by atoms with Gasteiger partial charge in [0.2, 0.25) is 0 Å². The van der Waals surface area contributed by atoms with Gasteiger partial charge in [0.05, 0.1) is 0 Å². The SMILES string of the molecule is CCCS(CCC)(CCC)O[P+](=O)O.[H-].[H-].[Mg+2]. The molecule has 0 aliphatic heterocycles. The smallest absolute Gasteiger partial charge is 1.00 e. The monoisotopic (exact) mass is 267 g/mol. The van der Waals surface area contributed by atoms with Gasteiger partial charge in [0.25, 0.3) is 0 Å². The maximum absolute atomic E-state index is 10.8. The molecule has 0 spiro atoms. The third kappa shape index (κ3) is 7.94. The summed E-state index contributed by atoms with van der Waals surface area (Å²) in [5.74, 6) is 2.86. The summed E-state index contributed by atoms with van der Waals surface area (Å²) in [6.45, 7) is 6.29. The first-order valence-electron chi connectivity index (χ1n) is 5.22. The molecule has 1 atom stereocenters. The van der Waals surface area contributed by atoms with E-state index < -0.39 is 18.6 Å². The van der Waals surface area contributed by atoms with E-state index in [1.165, 1.54) is 0 Å². The first kappa shape index (κ1) is 18.5. The van der Waals surface area contributed by atoms with Gasteiger partial charge in [-0.3, -0.25) is 0 Å². The fourth-order valence-corrected chi connectivity index (χ4v) is 6.49. The molecule has 0 amide bonds. The molecule has 0 radical (unpaired) electrons. The van der Waals surface area contributed by atoms with Gasteiger partial charge in [0.15, 0.2) is 0 Å².